The number of benzene rings is 2. The first kappa shape index (κ1) is 16.1. The SMILES string of the molecule is CNC(=O)C(CS)NC(=O)c1ccc(-c2ccccc2)cc1. The van der Waals surface area contributed by atoms with Gasteiger partial charge in [0.25, 0.3) is 5.91 Å². The molecule has 0 bridgehead atoms. The highest BCUT2D eigenvalue weighted by molar-refractivity contribution is 7.80. The molecule has 0 fully saturated rings. The van der Waals surface area contributed by atoms with Crippen LogP contribution in [0.1, 0.15) is 10.4 Å². The van der Waals surface area contributed by atoms with Gasteiger partial charge in [0.15, 0.2) is 0 Å². The molecule has 0 heterocycles. The molecule has 114 valence electrons. The Morgan fingerprint density at radius 1 is 1.00 bits per heavy atom. The molecule has 0 saturated heterocycles. The van der Waals surface area contributed by atoms with Crippen LogP contribution in [0.3, 0.4) is 0 Å². The summed E-state index contributed by atoms with van der Waals surface area (Å²) >= 11 is 4.08. The Morgan fingerprint density at radius 3 is 2.14 bits per heavy atom. The van der Waals surface area contributed by atoms with Crippen molar-refractivity contribution in [2.75, 3.05) is 12.8 Å². The van der Waals surface area contributed by atoms with Gasteiger partial charge >= 0.3 is 0 Å². The minimum Gasteiger partial charge on any atom is -0.357 e. The van der Waals surface area contributed by atoms with Crippen LogP contribution in [-0.4, -0.2) is 30.7 Å². The van der Waals surface area contributed by atoms with Crippen LogP contribution in [0, 0.1) is 0 Å². The van der Waals surface area contributed by atoms with Gasteiger partial charge < -0.3 is 10.6 Å². The maximum atomic E-state index is 12.2. The van der Waals surface area contributed by atoms with E-state index < -0.39 is 6.04 Å². The van der Waals surface area contributed by atoms with Crippen molar-refractivity contribution in [2.45, 2.75) is 6.04 Å². The van der Waals surface area contributed by atoms with Crippen molar-refractivity contribution in [3.8, 4) is 11.1 Å². The number of likely N-dealkylation sites (N-methyl/N-ethyl adjacent to an activating group) is 1. The molecular formula is C17H18N2O2S. The number of hydrogen-bond acceptors (Lipinski definition) is 3. The first-order chi connectivity index (χ1) is 10.7. The van der Waals surface area contributed by atoms with Crippen molar-refractivity contribution in [1.29, 1.82) is 0 Å². The van der Waals surface area contributed by atoms with Crippen LogP contribution in [0.5, 0.6) is 0 Å². The lowest BCUT2D eigenvalue weighted by Crippen LogP contribution is -2.46. The van der Waals surface area contributed by atoms with E-state index in [0.717, 1.165) is 11.1 Å². The zero-order valence-corrected chi connectivity index (χ0v) is 13.1. The number of hydrogen-bond donors (Lipinski definition) is 3. The molecule has 0 aliphatic heterocycles. The third kappa shape index (κ3) is 3.89. The Labute approximate surface area is 135 Å². The van der Waals surface area contributed by atoms with E-state index in [-0.39, 0.29) is 17.6 Å². The van der Waals surface area contributed by atoms with Crippen LogP contribution in [-0.2, 0) is 4.79 Å². The maximum Gasteiger partial charge on any atom is 0.251 e. The molecule has 0 saturated carbocycles. The Hall–Kier alpha value is -2.27. The summed E-state index contributed by atoms with van der Waals surface area (Å²) in [6.07, 6.45) is 0. The van der Waals surface area contributed by atoms with Crippen molar-refractivity contribution >= 4 is 24.4 Å². The maximum absolute atomic E-state index is 12.2. The molecule has 2 aromatic rings. The van der Waals surface area contributed by atoms with Crippen LogP contribution >= 0.6 is 12.6 Å². The molecule has 2 amide bonds. The van der Waals surface area contributed by atoms with E-state index in [2.05, 4.69) is 23.3 Å². The summed E-state index contributed by atoms with van der Waals surface area (Å²) in [6.45, 7) is 0. The molecule has 2 rings (SSSR count). The average Bonchev–Trinajstić information content (AvgIpc) is 2.59. The highest BCUT2D eigenvalue weighted by atomic mass is 32.1. The fourth-order valence-corrected chi connectivity index (χ4v) is 2.31. The fraction of sp³-hybridized carbons (Fsp3) is 0.176. The number of carbonyl (C=O) groups is 2. The summed E-state index contributed by atoms with van der Waals surface area (Å²) in [7, 11) is 1.53. The van der Waals surface area contributed by atoms with E-state index in [1.807, 2.05) is 42.5 Å². The second kappa shape index (κ2) is 7.66. The van der Waals surface area contributed by atoms with Gasteiger partial charge in [-0.1, -0.05) is 42.5 Å². The number of thiol groups is 1. The van der Waals surface area contributed by atoms with Crippen LogP contribution in [0.15, 0.2) is 54.6 Å². The predicted octanol–water partition coefficient (Wildman–Crippen LogP) is 2.13. The van der Waals surface area contributed by atoms with Crippen LogP contribution in [0.4, 0.5) is 0 Å². The highest BCUT2D eigenvalue weighted by Crippen LogP contribution is 2.19. The zero-order valence-electron chi connectivity index (χ0n) is 12.2. The minimum atomic E-state index is -0.644. The quantitative estimate of drug-likeness (QED) is 0.741. The molecule has 2 N–H and O–H groups in total. The largest absolute Gasteiger partial charge is 0.357 e. The molecule has 2 aromatic carbocycles. The van der Waals surface area contributed by atoms with Gasteiger partial charge in [0.2, 0.25) is 5.91 Å². The Kier molecular flexibility index (Phi) is 5.61. The van der Waals surface area contributed by atoms with E-state index in [9.17, 15) is 9.59 Å². The van der Waals surface area contributed by atoms with E-state index >= 15 is 0 Å². The Bertz CT molecular complexity index is 641. The highest BCUT2D eigenvalue weighted by Gasteiger charge is 2.18. The van der Waals surface area contributed by atoms with E-state index in [4.69, 9.17) is 0 Å². The molecule has 0 aromatic heterocycles. The number of nitrogens with one attached hydrogen (secondary N) is 2. The van der Waals surface area contributed by atoms with Crippen molar-refractivity contribution in [1.82, 2.24) is 10.6 Å². The normalized spacial score (nSPS) is 11.5. The second-order valence-electron chi connectivity index (χ2n) is 4.77. The minimum absolute atomic E-state index is 0.244. The van der Waals surface area contributed by atoms with Gasteiger partial charge in [-0.3, -0.25) is 9.59 Å². The third-order valence-corrected chi connectivity index (χ3v) is 3.67. The first-order valence-electron chi connectivity index (χ1n) is 6.94. The van der Waals surface area contributed by atoms with Gasteiger partial charge in [-0.2, -0.15) is 12.6 Å². The Balaban J connectivity index is 2.10. The monoisotopic (exact) mass is 314 g/mol. The summed E-state index contributed by atoms with van der Waals surface area (Å²) < 4.78 is 0. The molecular weight excluding hydrogens is 296 g/mol. The van der Waals surface area contributed by atoms with E-state index in [1.54, 1.807) is 12.1 Å². The molecule has 22 heavy (non-hydrogen) atoms. The summed E-state index contributed by atoms with van der Waals surface area (Å²) in [5.74, 6) is -0.306. The van der Waals surface area contributed by atoms with Crippen LogP contribution < -0.4 is 10.6 Å². The molecule has 1 atom stereocenters. The molecule has 5 heteroatoms. The predicted molar refractivity (Wildman–Crippen MR) is 91.1 cm³/mol. The fourth-order valence-electron chi connectivity index (χ4n) is 2.05. The van der Waals surface area contributed by atoms with E-state index in [1.165, 1.54) is 7.05 Å². The topological polar surface area (TPSA) is 58.2 Å². The number of carbonyl (C=O) groups excluding carboxylic acids is 2. The van der Waals surface area contributed by atoms with E-state index in [0.29, 0.717) is 5.56 Å². The summed E-state index contributed by atoms with van der Waals surface area (Å²) in [5, 5.41) is 5.17. The van der Waals surface area contributed by atoms with Gasteiger partial charge in [-0.05, 0) is 23.3 Å². The lowest BCUT2D eigenvalue weighted by atomic mass is 10.0. The molecule has 0 aliphatic carbocycles. The molecule has 0 radical (unpaired) electrons. The van der Waals surface area contributed by atoms with Crippen molar-refractivity contribution in [3.05, 3.63) is 60.2 Å². The number of rotatable bonds is 5. The van der Waals surface area contributed by atoms with Crippen molar-refractivity contribution < 1.29 is 9.59 Å². The summed E-state index contributed by atoms with van der Waals surface area (Å²) in [5.41, 5.74) is 2.64. The smallest absolute Gasteiger partial charge is 0.251 e. The third-order valence-electron chi connectivity index (χ3n) is 3.31. The Morgan fingerprint density at radius 2 is 1.59 bits per heavy atom. The van der Waals surface area contributed by atoms with Crippen LogP contribution in [0.25, 0.3) is 11.1 Å². The van der Waals surface area contributed by atoms with Gasteiger partial charge in [0.1, 0.15) is 6.04 Å². The standard InChI is InChI=1S/C17H18N2O2S/c1-18-17(21)15(11-22)19-16(20)14-9-7-13(8-10-14)12-5-3-2-4-6-12/h2-10,15,22H,11H2,1H3,(H,18,21)(H,19,20). The van der Waals surface area contributed by atoms with Gasteiger partial charge in [0.05, 0.1) is 0 Å². The van der Waals surface area contributed by atoms with Gasteiger partial charge in [-0.15, -0.1) is 0 Å². The van der Waals surface area contributed by atoms with Crippen molar-refractivity contribution in [2.24, 2.45) is 0 Å². The average molecular weight is 314 g/mol. The lowest BCUT2D eigenvalue weighted by molar-refractivity contribution is -0.121. The molecule has 0 spiro atoms. The van der Waals surface area contributed by atoms with Gasteiger partial charge in [0, 0.05) is 18.4 Å². The van der Waals surface area contributed by atoms with Crippen molar-refractivity contribution in [3.63, 3.8) is 0 Å². The molecule has 4 nitrogen and oxygen atoms in total. The zero-order chi connectivity index (χ0) is 15.9. The lowest BCUT2D eigenvalue weighted by Gasteiger charge is -2.15. The van der Waals surface area contributed by atoms with Crippen LogP contribution in [0.2, 0.25) is 0 Å². The molecule has 0 aliphatic rings. The van der Waals surface area contributed by atoms with Gasteiger partial charge in [-0.25, -0.2) is 0 Å². The summed E-state index contributed by atoms with van der Waals surface area (Å²) in [6, 6.07) is 16.5. The first-order valence-corrected chi connectivity index (χ1v) is 7.57. The number of amides is 2. The summed E-state index contributed by atoms with van der Waals surface area (Å²) in [4.78, 5) is 23.7. The molecule has 1 unspecified atom stereocenters. The second-order valence-corrected chi connectivity index (χ2v) is 5.13.